The second-order valence-electron chi connectivity index (χ2n) is 3.79. The molecule has 0 amide bonds. The summed E-state index contributed by atoms with van der Waals surface area (Å²) in [6.45, 7) is 3.99. The number of ether oxygens (including phenoxy) is 1. The first-order valence-corrected chi connectivity index (χ1v) is 5.41. The van der Waals surface area contributed by atoms with E-state index in [4.69, 9.17) is 4.74 Å². The van der Waals surface area contributed by atoms with Crippen molar-refractivity contribution in [3.63, 3.8) is 0 Å². The van der Waals surface area contributed by atoms with Crippen molar-refractivity contribution >= 4 is 0 Å². The highest BCUT2D eigenvalue weighted by atomic mass is 16.5. The van der Waals surface area contributed by atoms with E-state index >= 15 is 0 Å². The highest BCUT2D eigenvalue weighted by Crippen LogP contribution is 2.19. The fourth-order valence-corrected chi connectivity index (χ4v) is 1.56. The Balaban J connectivity index is 2.11. The predicted octanol–water partition coefficient (Wildman–Crippen LogP) is 3.53. The molecule has 1 unspecified atom stereocenters. The van der Waals surface area contributed by atoms with Crippen molar-refractivity contribution in [2.24, 2.45) is 0 Å². The summed E-state index contributed by atoms with van der Waals surface area (Å²) in [7, 11) is 0. The monoisotopic (exact) mass is 213 g/mol. The van der Waals surface area contributed by atoms with Crippen LogP contribution in [-0.2, 0) is 0 Å². The van der Waals surface area contributed by atoms with Crippen LogP contribution in [0.25, 0.3) is 0 Å². The first-order chi connectivity index (χ1) is 7.75. The molecule has 0 N–H and O–H groups in total. The van der Waals surface area contributed by atoms with Gasteiger partial charge in [0.1, 0.15) is 6.10 Å². The number of hydrogen-bond acceptors (Lipinski definition) is 2. The van der Waals surface area contributed by atoms with Gasteiger partial charge in [-0.3, -0.25) is 0 Å². The molecule has 2 heteroatoms. The van der Waals surface area contributed by atoms with Crippen LogP contribution in [0.15, 0.2) is 48.5 Å². The number of aromatic nitrogens is 1. The van der Waals surface area contributed by atoms with E-state index in [2.05, 4.69) is 17.1 Å². The molecule has 16 heavy (non-hydrogen) atoms. The zero-order chi connectivity index (χ0) is 11.4. The number of pyridine rings is 1. The molecule has 0 saturated heterocycles. The molecule has 0 aliphatic carbocycles. The third-order valence-corrected chi connectivity index (χ3v) is 2.43. The topological polar surface area (TPSA) is 22.1 Å². The Morgan fingerprint density at radius 2 is 1.75 bits per heavy atom. The molecule has 0 spiro atoms. The van der Waals surface area contributed by atoms with Gasteiger partial charge >= 0.3 is 0 Å². The minimum atomic E-state index is 0.0236. The van der Waals surface area contributed by atoms with Gasteiger partial charge in [0.2, 0.25) is 5.88 Å². The molecule has 82 valence electrons. The number of hydrogen-bond donors (Lipinski definition) is 0. The van der Waals surface area contributed by atoms with E-state index in [9.17, 15) is 0 Å². The first kappa shape index (κ1) is 10.7. The lowest BCUT2D eigenvalue weighted by Crippen LogP contribution is -2.04. The van der Waals surface area contributed by atoms with E-state index in [1.807, 2.05) is 50.2 Å². The van der Waals surface area contributed by atoms with Gasteiger partial charge in [-0.25, -0.2) is 4.98 Å². The summed E-state index contributed by atoms with van der Waals surface area (Å²) in [6.07, 6.45) is 0.0236. The second kappa shape index (κ2) is 4.79. The number of benzene rings is 1. The molecular weight excluding hydrogens is 198 g/mol. The van der Waals surface area contributed by atoms with Gasteiger partial charge in [0.05, 0.1) is 0 Å². The van der Waals surface area contributed by atoms with Crippen molar-refractivity contribution < 1.29 is 4.74 Å². The van der Waals surface area contributed by atoms with Crippen molar-refractivity contribution in [1.82, 2.24) is 4.98 Å². The largest absolute Gasteiger partial charge is 0.470 e. The van der Waals surface area contributed by atoms with Gasteiger partial charge in [-0.1, -0.05) is 36.4 Å². The summed E-state index contributed by atoms with van der Waals surface area (Å²) in [4.78, 5) is 4.32. The summed E-state index contributed by atoms with van der Waals surface area (Å²) in [5.41, 5.74) is 2.13. The van der Waals surface area contributed by atoms with Crippen LogP contribution < -0.4 is 4.74 Å². The van der Waals surface area contributed by atoms with Crippen LogP contribution in [0.3, 0.4) is 0 Å². The van der Waals surface area contributed by atoms with E-state index in [0.717, 1.165) is 11.3 Å². The lowest BCUT2D eigenvalue weighted by Gasteiger charge is -2.14. The Hall–Kier alpha value is -1.83. The van der Waals surface area contributed by atoms with E-state index < -0.39 is 0 Å². The minimum absolute atomic E-state index is 0.0236. The molecule has 1 heterocycles. The minimum Gasteiger partial charge on any atom is -0.470 e. The van der Waals surface area contributed by atoms with Gasteiger partial charge in [-0.2, -0.15) is 0 Å². The molecule has 1 aromatic heterocycles. The van der Waals surface area contributed by atoms with Gasteiger partial charge in [0.25, 0.3) is 0 Å². The quantitative estimate of drug-likeness (QED) is 0.778. The van der Waals surface area contributed by atoms with E-state index in [1.165, 1.54) is 0 Å². The molecular formula is C14H15NO. The average molecular weight is 213 g/mol. The van der Waals surface area contributed by atoms with Crippen molar-refractivity contribution in [3.05, 3.63) is 59.8 Å². The zero-order valence-corrected chi connectivity index (χ0v) is 9.55. The lowest BCUT2D eigenvalue weighted by atomic mass is 10.1. The van der Waals surface area contributed by atoms with E-state index in [0.29, 0.717) is 5.88 Å². The maximum atomic E-state index is 5.77. The molecule has 0 fully saturated rings. The Labute approximate surface area is 95.9 Å². The molecule has 0 aliphatic heterocycles. The molecule has 1 atom stereocenters. The van der Waals surface area contributed by atoms with Crippen LogP contribution >= 0.6 is 0 Å². The number of rotatable bonds is 3. The van der Waals surface area contributed by atoms with Crippen LogP contribution in [0, 0.1) is 6.92 Å². The van der Waals surface area contributed by atoms with Crippen LogP contribution in [0.1, 0.15) is 24.3 Å². The molecule has 0 saturated carbocycles. The van der Waals surface area contributed by atoms with Crippen molar-refractivity contribution in [2.75, 3.05) is 0 Å². The SMILES string of the molecule is Cc1cccc(OC(C)c2ccccc2)n1. The second-order valence-corrected chi connectivity index (χ2v) is 3.79. The predicted molar refractivity (Wildman–Crippen MR) is 64.5 cm³/mol. The standard InChI is InChI=1S/C14H15NO/c1-11-7-6-10-14(15-11)16-12(2)13-8-4-3-5-9-13/h3-10,12H,1-2H3. The van der Waals surface area contributed by atoms with Gasteiger partial charge in [0.15, 0.2) is 0 Å². The normalized spacial score (nSPS) is 12.1. The van der Waals surface area contributed by atoms with Gasteiger partial charge in [-0.05, 0) is 25.5 Å². The van der Waals surface area contributed by atoms with Crippen molar-refractivity contribution in [3.8, 4) is 5.88 Å². The summed E-state index contributed by atoms with van der Waals surface area (Å²) in [6, 6.07) is 15.9. The Kier molecular flexibility index (Phi) is 3.20. The van der Waals surface area contributed by atoms with Crippen molar-refractivity contribution in [2.45, 2.75) is 20.0 Å². The van der Waals surface area contributed by atoms with Crippen LogP contribution in [0.4, 0.5) is 0 Å². The zero-order valence-electron chi connectivity index (χ0n) is 9.55. The molecule has 0 aliphatic rings. The molecule has 2 nitrogen and oxygen atoms in total. The Morgan fingerprint density at radius 3 is 2.44 bits per heavy atom. The van der Waals surface area contributed by atoms with Gasteiger partial charge < -0.3 is 4.74 Å². The molecule has 1 aromatic carbocycles. The maximum Gasteiger partial charge on any atom is 0.214 e. The molecule has 0 bridgehead atoms. The van der Waals surface area contributed by atoms with Gasteiger partial charge in [0, 0.05) is 11.8 Å². The summed E-state index contributed by atoms with van der Waals surface area (Å²) in [5.74, 6) is 0.677. The third-order valence-electron chi connectivity index (χ3n) is 2.43. The first-order valence-electron chi connectivity index (χ1n) is 5.41. The summed E-state index contributed by atoms with van der Waals surface area (Å²) in [5, 5.41) is 0. The van der Waals surface area contributed by atoms with Crippen LogP contribution in [0.2, 0.25) is 0 Å². The lowest BCUT2D eigenvalue weighted by molar-refractivity contribution is 0.217. The highest BCUT2D eigenvalue weighted by molar-refractivity contribution is 5.20. The molecule has 2 rings (SSSR count). The molecule has 2 aromatic rings. The Bertz CT molecular complexity index is 453. The van der Waals surface area contributed by atoms with E-state index in [-0.39, 0.29) is 6.10 Å². The maximum absolute atomic E-state index is 5.77. The van der Waals surface area contributed by atoms with Gasteiger partial charge in [-0.15, -0.1) is 0 Å². The van der Waals surface area contributed by atoms with Crippen molar-refractivity contribution in [1.29, 1.82) is 0 Å². The summed E-state index contributed by atoms with van der Waals surface area (Å²) >= 11 is 0. The van der Waals surface area contributed by atoms with Crippen LogP contribution in [0.5, 0.6) is 5.88 Å². The fourth-order valence-electron chi connectivity index (χ4n) is 1.56. The third kappa shape index (κ3) is 2.60. The average Bonchev–Trinajstić information content (AvgIpc) is 2.30. The Morgan fingerprint density at radius 1 is 1.00 bits per heavy atom. The number of aryl methyl sites for hydroxylation is 1. The number of nitrogens with zero attached hydrogens (tertiary/aromatic N) is 1. The van der Waals surface area contributed by atoms with E-state index in [1.54, 1.807) is 0 Å². The highest BCUT2D eigenvalue weighted by Gasteiger charge is 2.06. The van der Waals surface area contributed by atoms with Crippen LogP contribution in [-0.4, -0.2) is 4.98 Å². The molecule has 0 radical (unpaired) electrons. The fraction of sp³-hybridized carbons (Fsp3) is 0.214. The smallest absolute Gasteiger partial charge is 0.214 e. The summed E-state index contributed by atoms with van der Waals surface area (Å²) < 4.78 is 5.77.